The maximum atomic E-state index is 13.1. The number of imidazole rings is 1. The van der Waals surface area contributed by atoms with Gasteiger partial charge in [-0.15, -0.1) is 0 Å². The highest BCUT2D eigenvalue weighted by atomic mass is 35.5. The lowest BCUT2D eigenvalue weighted by molar-refractivity contribution is -0.126. The number of hydrogen-bond acceptors (Lipinski definition) is 4. The molecular formula is C24H26ClF3N4O3. The summed E-state index contributed by atoms with van der Waals surface area (Å²) in [7, 11) is 1.49. The van der Waals surface area contributed by atoms with E-state index in [1.807, 2.05) is 0 Å². The summed E-state index contributed by atoms with van der Waals surface area (Å²) >= 11 is 5.46. The predicted octanol–water partition coefficient (Wildman–Crippen LogP) is 4.64. The first-order chi connectivity index (χ1) is 16.8. The van der Waals surface area contributed by atoms with Gasteiger partial charge in [-0.25, -0.2) is 18.2 Å². The van der Waals surface area contributed by atoms with Crippen LogP contribution in [0.15, 0.2) is 30.3 Å². The lowest BCUT2D eigenvalue weighted by Gasteiger charge is -2.20. The molecule has 0 saturated heterocycles. The number of likely N-dealkylation sites (N-methyl/N-ethyl adjacent to an activating group) is 1. The van der Waals surface area contributed by atoms with E-state index in [1.54, 1.807) is 0 Å². The molecule has 3 aromatic rings. The number of nitrogens with zero attached hydrogens (tertiary/aromatic N) is 1. The minimum atomic E-state index is -0.924. The summed E-state index contributed by atoms with van der Waals surface area (Å²) in [5.41, 5.74) is 0.784. The van der Waals surface area contributed by atoms with Gasteiger partial charge >= 0.3 is 0 Å². The SMILES string of the molecule is CNC(=O)COc1ccc(Cl)c(F)c1.O=C(NCc1nc2cc(F)c(F)cc2[nH]1)C1CCCCC1. The van der Waals surface area contributed by atoms with E-state index in [0.29, 0.717) is 16.9 Å². The summed E-state index contributed by atoms with van der Waals surface area (Å²) in [6.07, 6.45) is 5.26. The van der Waals surface area contributed by atoms with Crippen LogP contribution in [0.25, 0.3) is 11.0 Å². The fourth-order valence-electron chi connectivity index (χ4n) is 3.61. The maximum absolute atomic E-state index is 13.1. The van der Waals surface area contributed by atoms with Crippen molar-refractivity contribution in [2.75, 3.05) is 13.7 Å². The first-order valence-electron chi connectivity index (χ1n) is 11.2. The number of nitrogens with one attached hydrogen (secondary N) is 3. The van der Waals surface area contributed by atoms with Crippen molar-refractivity contribution < 1.29 is 27.5 Å². The van der Waals surface area contributed by atoms with E-state index in [1.165, 1.54) is 25.6 Å². The van der Waals surface area contributed by atoms with E-state index >= 15 is 0 Å². The van der Waals surface area contributed by atoms with Gasteiger partial charge in [0.15, 0.2) is 18.2 Å². The molecule has 1 aliphatic rings. The number of hydrogen-bond donors (Lipinski definition) is 3. The smallest absolute Gasteiger partial charge is 0.257 e. The molecule has 188 valence electrons. The van der Waals surface area contributed by atoms with Crippen LogP contribution in [0, 0.1) is 23.4 Å². The van der Waals surface area contributed by atoms with Gasteiger partial charge in [0.05, 0.1) is 22.6 Å². The molecule has 2 aromatic carbocycles. The third-order valence-corrected chi connectivity index (χ3v) is 5.83. The van der Waals surface area contributed by atoms with E-state index in [-0.39, 0.29) is 41.7 Å². The monoisotopic (exact) mass is 510 g/mol. The summed E-state index contributed by atoms with van der Waals surface area (Å²) in [6.45, 7) is 0.102. The summed E-state index contributed by atoms with van der Waals surface area (Å²) < 4.78 is 44.1. The maximum Gasteiger partial charge on any atom is 0.257 e. The Labute approximate surface area is 205 Å². The molecular weight excluding hydrogens is 485 g/mol. The van der Waals surface area contributed by atoms with Crippen molar-refractivity contribution in [2.24, 2.45) is 5.92 Å². The van der Waals surface area contributed by atoms with Crippen molar-refractivity contribution in [3.63, 3.8) is 0 Å². The number of fused-ring (bicyclic) bond motifs is 1. The van der Waals surface area contributed by atoms with Crippen LogP contribution < -0.4 is 15.4 Å². The van der Waals surface area contributed by atoms with Crippen LogP contribution in [0.1, 0.15) is 37.9 Å². The van der Waals surface area contributed by atoms with Crippen LogP contribution in [0.2, 0.25) is 5.02 Å². The van der Waals surface area contributed by atoms with E-state index in [4.69, 9.17) is 16.3 Å². The van der Waals surface area contributed by atoms with Gasteiger partial charge in [-0.1, -0.05) is 30.9 Å². The summed E-state index contributed by atoms with van der Waals surface area (Å²) in [5, 5.41) is 5.24. The third-order valence-electron chi connectivity index (χ3n) is 5.52. The van der Waals surface area contributed by atoms with Crippen LogP contribution in [-0.2, 0) is 16.1 Å². The molecule has 35 heavy (non-hydrogen) atoms. The molecule has 0 bridgehead atoms. The second-order valence-corrected chi connectivity index (χ2v) is 8.46. The predicted molar refractivity (Wildman–Crippen MR) is 125 cm³/mol. The molecule has 1 heterocycles. The number of H-pyrrole nitrogens is 1. The zero-order valence-corrected chi connectivity index (χ0v) is 19.9. The van der Waals surface area contributed by atoms with Crippen LogP contribution in [0.5, 0.6) is 5.75 Å². The number of halogens is 4. The molecule has 0 unspecified atom stereocenters. The zero-order chi connectivity index (χ0) is 25.4. The molecule has 7 nitrogen and oxygen atoms in total. The molecule has 2 amide bonds. The van der Waals surface area contributed by atoms with Gasteiger partial charge in [0, 0.05) is 31.2 Å². The second-order valence-electron chi connectivity index (χ2n) is 8.06. The Kier molecular flexibility index (Phi) is 9.36. The number of ether oxygens (including phenoxy) is 1. The van der Waals surface area contributed by atoms with E-state index in [0.717, 1.165) is 43.9 Å². The normalized spacial score (nSPS) is 13.6. The first-order valence-corrected chi connectivity index (χ1v) is 11.5. The van der Waals surface area contributed by atoms with Gasteiger partial charge in [0.1, 0.15) is 17.4 Å². The van der Waals surface area contributed by atoms with Crippen molar-refractivity contribution >= 4 is 34.4 Å². The molecule has 1 saturated carbocycles. The lowest BCUT2D eigenvalue weighted by atomic mass is 9.89. The van der Waals surface area contributed by atoms with Gasteiger partial charge in [-0.2, -0.15) is 0 Å². The summed E-state index contributed by atoms with van der Waals surface area (Å²) in [4.78, 5) is 29.8. The van der Waals surface area contributed by atoms with Crippen LogP contribution in [-0.4, -0.2) is 35.4 Å². The van der Waals surface area contributed by atoms with Crippen molar-refractivity contribution in [1.29, 1.82) is 0 Å². The van der Waals surface area contributed by atoms with E-state index in [9.17, 15) is 22.8 Å². The highest BCUT2D eigenvalue weighted by Crippen LogP contribution is 2.24. The lowest BCUT2D eigenvalue weighted by Crippen LogP contribution is -2.31. The Bertz CT molecular complexity index is 1140. The van der Waals surface area contributed by atoms with E-state index in [2.05, 4.69) is 20.6 Å². The number of amides is 2. The highest BCUT2D eigenvalue weighted by Gasteiger charge is 2.21. The second kappa shape index (κ2) is 12.4. The number of aromatic amines is 1. The number of aromatic nitrogens is 2. The number of carbonyl (C=O) groups is 2. The topological polar surface area (TPSA) is 96.1 Å². The standard InChI is InChI=1S/C15H17F2N3O.C9H9ClFNO2/c16-10-6-12-13(7-11(10)17)20-14(19-12)8-18-15(21)9-4-2-1-3-5-9;1-12-9(13)5-14-6-2-3-7(10)8(11)4-6/h6-7,9H,1-5,8H2,(H,18,21)(H,19,20);2-4H,5H2,1H3,(H,12,13). The fourth-order valence-corrected chi connectivity index (χ4v) is 3.73. The molecule has 0 aliphatic heterocycles. The van der Waals surface area contributed by atoms with Crippen molar-refractivity contribution in [1.82, 2.24) is 20.6 Å². The molecule has 4 rings (SSSR count). The summed E-state index contributed by atoms with van der Waals surface area (Å²) in [5.74, 6) is -1.79. The Balaban J connectivity index is 0.000000214. The summed E-state index contributed by atoms with van der Waals surface area (Å²) in [6, 6.07) is 6.12. The van der Waals surface area contributed by atoms with Gasteiger partial charge in [-0.3, -0.25) is 9.59 Å². The molecule has 0 atom stereocenters. The average Bonchev–Trinajstić information content (AvgIpc) is 3.25. The van der Waals surface area contributed by atoms with Gasteiger partial charge in [0.2, 0.25) is 5.91 Å². The quantitative estimate of drug-likeness (QED) is 0.450. The fraction of sp³-hybridized carbons (Fsp3) is 0.375. The molecule has 3 N–H and O–H groups in total. The molecule has 1 aromatic heterocycles. The minimum absolute atomic E-state index is 0.0253. The number of carbonyl (C=O) groups excluding carboxylic acids is 2. The Morgan fingerprint density at radius 1 is 1.09 bits per heavy atom. The zero-order valence-electron chi connectivity index (χ0n) is 19.1. The average molecular weight is 511 g/mol. The molecule has 1 aliphatic carbocycles. The minimum Gasteiger partial charge on any atom is -0.484 e. The van der Waals surface area contributed by atoms with Crippen molar-refractivity contribution in [3.8, 4) is 5.75 Å². The van der Waals surface area contributed by atoms with Crippen molar-refractivity contribution in [3.05, 3.63) is 58.6 Å². The van der Waals surface area contributed by atoms with Gasteiger partial charge < -0.3 is 20.4 Å². The van der Waals surface area contributed by atoms with Gasteiger partial charge in [0.25, 0.3) is 5.91 Å². The largest absolute Gasteiger partial charge is 0.484 e. The first kappa shape index (κ1) is 26.3. The highest BCUT2D eigenvalue weighted by molar-refractivity contribution is 6.30. The van der Waals surface area contributed by atoms with Crippen LogP contribution in [0.4, 0.5) is 13.2 Å². The Morgan fingerprint density at radius 3 is 2.49 bits per heavy atom. The van der Waals surface area contributed by atoms with Crippen LogP contribution in [0.3, 0.4) is 0 Å². The molecule has 1 fully saturated rings. The Hall–Kier alpha value is -3.27. The molecule has 11 heteroatoms. The third kappa shape index (κ3) is 7.61. The molecule has 0 spiro atoms. The number of benzene rings is 2. The Morgan fingerprint density at radius 2 is 1.80 bits per heavy atom. The van der Waals surface area contributed by atoms with Crippen molar-refractivity contribution in [2.45, 2.75) is 38.6 Å². The van der Waals surface area contributed by atoms with E-state index < -0.39 is 17.5 Å². The van der Waals surface area contributed by atoms with Crippen LogP contribution >= 0.6 is 11.6 Å². The van der Waals surface area contributed by atoms with Gasteiger partial charge in [-0.05, 0) is 25.0 Å². The number of rotatable bonds is 6. The molecule has 0 radical (unpaired) electrons.